The van der Waals surface area contributed by atoms with Gasteiger partial charge in [0.05, 0.1) is 9.95 Å². The Labute approximate surface area is 117 Å². The fourth-order valence-corrected chi connectivity index (χ4v) is 1.71. The van der Waals surface area contributed by atoms with Crippen LogP contribution in [0.4, 0.5) is 21.6 Å². The Balaban J connectivity index is 2.39. The van der Waals surface area contributed by atoms with Crippen molar-refractivity contribution in [1.29, 1.82) is 0 Å². The van der Waals surface area contributed by atoms with Crippen molar-refractivity contribution >= 4 is 40.4 Å². The van der Waals surface area contributed by atoms with Crippen LogP contribution in [0.15, 0.2) is 30.3 Å². The van der Waals surface area contributed by atoms with Crippen molar-refractivity contribution < 1.29 is 9.31 Å². The zero-order valence-electron chi connectivity index (χ0n) is 9.23. The lowest BCUT2D eigenvalue weighted by atomic mass is 10.3. The summed E-state index contributed by atoms with van der Waals surface area (Å²) in [6, 6.07) is 6.35. The number of hydrogen-bond acceptors (Lipinski definition) is 4. The Kier molecular flexibility index (Phi) is 3.82. The molecule has 19 heavy (non-hydrogen) atoms. The Morgan fingerprint density at radius 1 is 1.26 bits per heavy atom. The van der Waals surface area contributed by atoms with Crippen molar-refractivity contribution in [3.63, 3.8) is 0 Å². The van der Waals surface area contributed by atoms with E-state index < -0.39 is 10.7 Å². The molecule has 0 saturated heterocycles. The van der Waals surface area contributed by atoms with E-state index in [2.05, 4.69) is 10.3 Å². The summed E-state index contributed by atoms with van der Waals surface area (Å²) in [6.07, 6.45) is 0. The quantitative estimate of drug-likeness (QED) is 0.524. The molecule has 0 bridgehead atoms. The van der Waals surface area contributed by atoms with Gasteiger partial charge in [-0.15, -0.1) is 0 Å². The maximum Gasteiger partial charge on any atom is 0.311 e. The van der Waals surface area contributed by atoms with Crippen LogP contribution in [0.25, 0.3) is 0 Å². The topological polar surface area (TPSA) is 68.1 Å². The van der Waals surface area contributed by atoms with E-state index in [0.29, 0.717) is 5.69 Å². The molecule has 0 saturated carbocycles. The first-order valence-corrected chi connectivity index (χ1v) is 5.76. The van der Waals surface area contributed by atoms with Gasteiger partial charge in [-0.1, -0.05) is 23.2 Å². The highest BCUT2D eigenvalue weighted by atomic mass is 35.5. The number of nitrogens with one attached hydrogen (secondary N) is 1. The molecular weight excluding hydrogens is 296 g/mol. The fraction of sp³-hybridized carbons (Fsp3) is 0. The van der Waals surface area contributed by atoms with Crippen LogP contribution >= 0.6 is 23.2 Å². The first-order chi connectivity index (χ1) is 8.97. The zero-order valence-corrected chi connectivity index (χ0v) is 10.7. The molecule has 1 N–H and O–H groups in total. The number of anilines is 2. The van der Waals surface area contributed by atoms with Gasteiger partial charge in [0.25, 0.3) is 0 Å². The van der Waals surface area contributed by atoms with E-state index in [4.69, 9.17) is 23.2 Å². The van der Waals surface area contributed by atoms with Gasteiger partial charge in [-0.3, -0.25) is 10.1 Å². The Bertz CT molecular complexity index is 652. The number of hydrogen-bond donors (Lipinski definition) is 1. The molecule has 0 aliphatic rings. The Morgan fingerprint density at radius 3 is 2.63 bits per heavy atom. The lowest BCUT2D eigenvalue weighted by Gasteiger charge is -2.07. The largest absolute Gasteiger partial charge is 0.334 e. The number of benzene rings is 1. The Hall–Kier alpha value is -1.92. The third-order valence-electron chi connectivity index (χ3n) is 2.22. The number of aromatic nitrogens is 1. The van der Waals surface area contributed by atoms with E-state index in [9.17, 15) is 14.5 Å². The van der Waals surface area contributed by atoms with E-state index >= 15 is 0 Å². The van der Waals surface area contributed by atoms with Crippen LogP contribution in [0, 0.1) is 15.9 Å². The third kappa shape index (κ3) is 3.10. The SMILES string of the molecule is O=[N+]([O-])c1ccc(Cl)nc1Nc1ccc(F)c(Cl)c1. The van der Waals surface area contributed by atoms with E-state index in [0.717, 1.165) is 6.07 Å². The molecule has 1 heterocycles. The summed E-state index contributed by atoms with van der Waals surface area (Å²) in [5, 5.41) is 13.5. The molecule has 2 rings (SSSR count). The fourth-order valence-electron chi connectivity index (χ4n) is 1.38. The highest BCUT2D eigenvalue weighted by Crippen LogP contribution is 2.28. The lowest BCUT2D eigenvalue weighted by molar-refractivity contribution is -0.384. The van der Waals surface area contributed by atoms with Crippen molar-refractivity contribution in [2.45, 2.75) is 0 Å². The van der Waals surface area contributed by atoms with Gasteiger partial charge < -0.3 is 5.32 Å². The first-order valence-electron chi connectivity index (χ1n) is 5.00. The summed E-state index contributed by atoms with van der Waals surface area (Å²) in [5.74, 6) is -0.624. The van der Waals surface area contributed by atoms with Gasteiger partial charge in [0, 0.05) is 11.8 Å². The number of nitro groups is 1. The molecule has 0 aliphatic carbocycles. The summed E-state index contributed by atoms with van der Waals surface area (Å²) in [4.78, 5) is 14.1. The smallest absolute Gasteiger partial charge is 0.311 e. The lowest BCUT2D eigenvalue weighted by Crippen LogP contribution is -2.00. The van der Waals surface area contributed by atoms with E-state index in [1.807, 2.05) is 0 Å². The van der Waals surface area contributed by atoms with E-state index in [1.54, 1.807) is 0 Å². The summed E-state index contributed by atoms with van der Waals surface area (Å²) in [6.45, 7) is 0. The normalized spacial score (nSPS) is 10.3. The second kappa shape index (κ2) is 5.38. The molecule has 1 aromatic carbocycles. The zero-order chi connectivity index (χ0) is 14.0. The molecule has 0 radical (unpaired) electrons. The highest BCUT2D eigenvalue weighted by molar-refractivity contribution is 6.31. The van der Waals surface area contributed by atoms with Crippen molar-refractivity contribution in [3.05, 3.63) is 56.4 Å². The predicted molar refractivity (Wildman–Crippen MR) is 70.6 cm³/mol. The minimum atomic E-state index is -0.600. The summed E-state index contributed by atoms with van der Waals surface area (Å²) in [7, 11) is 0. The first kappa shape index (κ1) is 13.5. The maximum absolute atomic E-state index is 13.0. The number of halogens is 3. The second-order valence-corrected chi connectivity index (χ2v) is 4.31. The molecule has 1 aromatic heterocycles. The molecule has 0 amide bonds. The molecular formula is C11H6Cl2FN3O2. The van der Waals surface area contributed by atoms with Crippen LogP contribution in [0.2, 0.25) is 10.2 Å². The molecule has 0 unspecified atom stereocenters. The average molecular weight is 302 g/mol. The molecule has 0 fully saturated rings. The summed E-state index contributed by atoms with van der Waals surface area (Å²) in [5.41, 5.74) is 0.120. The van der Waals surface area contributed by atoms with Gasteiger partial charge in [0.15, 0.2) is 0 Å². The average Bonchev–Trinajstić information content (AvgIpc) is 2.33. The number of rotatable bonds is 3. The standard InChI is InChI=1S/C11H6Cl2FN3O2/c12-7-5-6(1-2-8(7)14)15-11-9(17(18)19)3-4-10(13)16-11/h1-5H,(H,15,16). The molecule has 2 aromatic rings. The minimum Gasteiger partial charge on any atom is -0.334 e. The molecule has 0 aliphatic heterocycles. The molecule has 8 heteroatoms. The van der Waals surface area contributed by atoms with Gasteiger partial charge >= 0.3 is 5.69 Å². The van der Waals surface area contributed by atoms with Gasteiger partial charge in [-0.2, -0.15) is 0 Å². The van der Waals surface area contributed by atoms with Crippen molar-refractivity contribution in [2.75, 3.05) is 5.32 Å². The molecule has 98 valence electrons. The minimum absolute atomic E-state index is 0.0415. The highest BCUT2D eigenvalue weighted by Gasteiger charge is 2.16. The summed E-state index contributed by atoms with van der Waals surface area (Å²) >= 11 is 11.3. The maximum atomic E-state index is 13.0. The van der Waals surface area contributed by atoms with Crippen LogP contribution in [0.5, 0.6) is 0 Å². The van der Waals surface area contributed by atoms with Crippen molar-refractivity contribution in [1.82, 2.24) is 4.98 Å². The van der Waals surface area contributed by atoms with Gasteiger partial charge in [-0.05, 0) is 24.3 Å². The molecule has 0 atom stereocenters. The van der Waals surface area contributed by atoms with E-state index in [-0.39, 0.29) is 21.7 Å². The number of nitrogens with zero attached hydrogens (tertiary/aromatic N) is 2. The van der Waals surface area contributed by atoms with Crippen LogP contribution < -0.4 is 5.32 Å². The van der Waals surface area contributed by atoms with Crippen molar-refractivity contribution in [2.24, 2.45) is 0 Å². The van der Waals surface area contributed by atoms with Gasteiger partial charge in [-0.25, -0.2) is 9.37 Å². The van der Waals surface area contributed by atoms with Gasteiger partial charge in [0.2, 0.25) is 5.82 Å². The van der Waals surface area contributed by atoms with Gasteiger partial charge in [0.1, 0.15) is 11.0 Å². The monoisotopic (exact) mass is 301 g/mol. The molecule has 5 nitrogen and oxygen atoms in total. The summed E-state index contributed by atoms with van der Waals surface area (Å²) < 4.78 is 13.0. The van der Waals surface area contributed by atoms with Crippen molar-refractivity contribution in [3.8, 4) is 0 Å². The van der Waals surface area contributed by atoms with Crippen LogP contribution in [0.3, 0.4) is 0 Å². The second-order valence-electron chi connectivity index (χ2n) is 3.51. The van der Waals surface area contributed by atoms with E-state index in [1.165, 1.54) is 24.3 Å². The predicted octanol–water partition coefficient (Wildman–Crippen LogP) is 4.18. The van der Waals surface area contributed by atoms with Crippen LogP contribution in [-0.2, 0) is 0 Å². The van der Waals surface area contributed by atoms with Crippen LogP contribution in [-0.4, -0.2) is 9.91 Å². The number of pyridine rings is 1. The Morgan fingerprint density at radius 2 is 2.00 bits per heavy atom. The van der Waals surface area contributed by atoms with Crippen LogP contribution in [0.1, 0.15) is 0 Å². The third-order valence-corrected chi connectivity index (χ3v) is 2.72. The molecule has 0 spiro atoms.